The van der Waals surface area contributed by atoms with Gasteiger partial charge in [0.1, 0.15) is 17.5 Å². The average molecular weight is 354 g/mol. The number of aromatic nitrogens is 2. The van der Waals surface area contributed by atoms with Crippen LogP contribution in [-0.4, -0.2) is 29.0 Å². The molecule has 0 radical (unpaired) electrons. The Morgan fingerprint density at radius 3 is 2.54 bits per heavy atom. The standard InChI is InChI=1S/C20H23FN4O/c1-14-12-18(25-10-2-3-11-25)24-17(23-14)13-22-19(26)20(8-9-20)15-4-6-16(21)7-5-15/h4-7,12H,2-3,8-11,13H2,1H3,(H,22,26). The van der Waals surface area contributed by atoms with Gasteiger partial charge in [-0.1, -0.05) is 12.1 Å². The number of halogens is 1. The number of nitrogens with one attached hydrogen (secondary N) is 1. The van der Waals surface area contributed by atoms with Crippen LogP contribution in [0.2, 0.25) is 0 Å². The number of rotatable bonds is 5. The highest BCUT2D eigenvalue weighted by atomic mass is 19.1. The fourth-order valence-electron chi connectivity index (χ4n) is 3.67. The molecule has 1 saturated heterocycles. The fourth-order valence-corrected chi connectivity index (χ4v) is 3.67. The molecular formula is C20H23FN4O. The third kappa shape index (κ3) is 3.28. The molecular weight excluding hydrogens is 331 g/mol. The largest absolute Gasteiger partial charge is 0.357 e. The van der Waals surface area contributed by atoms with Gasteiger partial charge in [0.15, 0.2) is 0 Å². The Morgan fingerprint density at radius 1 is 1.19 bits per heavy atom. The van der Waals surface area contributed by atoms with Gasteiger partial charge in [0.2, 0.25) is 5.91 Å². The lowest BCUT2D eigenvalue weighted by molar-refractivity contribution is -0.123. The summed E-state index contributed by atoms with van der Waals surface area (Å²) in [7, 11) is 0. The summed E-state index contributed by atoms with van der Waals surface area (Å²) in [5.41, 5.74) is 1.26. The van der Waals surface area contributed by atoms with E-state index in [1.807, 2.05) is 13.0 Å². The molecule has 2 heterocycles. The van der Waals surface area contributed by atoms with Crippen molar-refractivity contribution in [2.24, 2.45) is 0 Å². The van der Waals surface area contributed by atoms with Gasteiger partial charge in [0.25, 0.3) is 0 Å². The Morgan fingerprint density at radius 2 is 1.88 bits per heavy atom. The van der Waals surface area contributed by atoms with Gasteiger partial charge in [-0.2, -0.15) is 0 Å². The van der Waals surface area contributed by atoms with Crippen LogP contribution in [0.25, 0.3) is 0 Å². The molecule has 26 heavy (non-hydrogen) atoms. The smallest absolute Gasteiger partial charge is 0.231 e. The summed E-state index contributed by atoms with van der Waals surface area (Å²) in [6, 6.07) is 8.23. The average Bonchev–Trinajstić information content (AvgIpc) is 3.25. The van der Waals surface area contributed by atoms with Gasteiger partial charge in [-0.05, 0) is 50.3 Å². The Balaban J connectivity index is 1.45. The van der Waals surface area contributed by atoms with Gasteiger partial charge in [0, 0.05) is 24.8 Å². The summed E-state index contributed by atoms with van der Waals surface area (Å²) in [5, 5.41) is 2.98. The number of hydrogen-bond donors (Lipinski definition) is 1. The SMILES string of the molecule is Cc1cc(N2CCCC2)nc(CNC(=O)C2(c3ccc(F)cc3)CC2)n1. The molecule has 1 N–H and O–H groups in total. The molecule has 0 spiro atoms. The molecule has 1 aliphatic heterocycles. The number of amides is 1. The molecule has 1 aromatic carbocycles. The maximum Gasteiger partial charge on any atom is 0.231 e. The van der Waals surface area contributed by atoms with Crippen molar-refractivity contribution in [3.8, 4) is 0 Å². The Hall–Kier alpha value is -2.50. The van der Waals surface area contributed by atoms with E-state index in [1.165, 1.54) is 25.0 Å². The number of nitrogens with zero attached hydrogens (tertiary/aromatic N) is 3. The molecule has 1 saturated carbocycles. The highest BCUT2D eigenvalue weighted by Gasteiger charge is 2.51. The maximum absolute atomic E-state index is 13.1. The highest BCUT2D eigenvalue weighted by molar-refractivity contribution is 5.91. The second-order valence-corrected chi connectivity index (χ2v) is 7.25. The number of carbonyl (C=O) groups excluding carboxylic acids is 1. The summed E-state index contributed by atoms with van der Waals surface area (Å²) in [4.78, 5) is 24.1. The Labute approximate surface area is 152 Å². The van der Waals surface area contributed by atoms with Crippen LogP contribution in [0.5, 0.6) is 0 Å². The zero-order valence-corrected chi connectivity index (χ0v) is 15.0. The Bertz CT molecular complexity index is 811. The van der Waals surface area contributed by atoms with Crippen molar-refractivity contribution in [1.82, 2.24) is 15.3 Å². The molecule has 0 unspecified atom stereocenters. The lowest BCUT2D eigenvalue weighted by Gasteiger charge is -2.18. The first-order valence-corrected chi connectivity index (χ1v) is 9.21. The van der Waals surface area contributed by atoms with Gasteiger partial charge in [0.05, 0.1) is 12.0 Å². The monoisotopic (exact) mass is 354 g/mol. The van der Waals surface area contributed by atoms with E-state index >= 15 is 0 Å². The third-order valence-corrected chi connectivity index (χ3v) is 5.31. The van der Waals surface area contributed by atoms with Crippen LogP contribution in [0, 0.1) is 12.7 Å². The molecule has 1 aliphatic carbocycles. The predicted octanol–water partition coefficient (Wildman–Crippen LogP) is 2.87. The summed E-state index contributed by atoms with van der Waals surface area (Å²) in [5.74, 6) is 1.26. The fraction of sp³-hybridized carbons (Fsp3) is 0.450. The minimum atomic E-state index is -0.519. The summed E-state index contributed by atoms with van der Waals surface area (Å²) >= 11 is 0. The van der Waals surface area contributed by atoms with Crippen molar-refractivity contribution in [3.63, 3.8) is 0 Å². The molecule has 1 aromatic heterocycles. The van der Waals surface area contributed by atoms with Crippen LogP contribution in [0.15, 0.2) is 30.3 Å². The minimum absolute atomic E-state index is 0.0306. The maximum atomic E-state index is 13.1. The van der Waals surface area contributed by atoms with E-state index in [-0.39, 0.29) is 11.7 Å². The number of anilines is 1. The van der Waals surface area contributed by atoms with Crippen molar-refractivity contribution in [3.05, 3.63) is 53.2 Å². The first-order chi connectivity index (χ1) is 12.6. The van der Waals surface area contributed by atoms with Gasteiger partial charge in [-0.3, -0.25) is 4.79 Å². The van der Waals surface area contributed by atoms with Crippen molar-refractivity contribution in [1.29, 1.82) is 0 Å². The number of aryl methyl sites for hydroxylation is 1. The van der Waals surface area contributed by atoms with Crippen molar-refractivity contribution >= 4 is 11.7 Å². The molecule has 2 aliphatic rings. The van der Waals surface area contributed by atoms with Gasteiger partial charge < -0.3 is 10.2 Å². The molecule has 4 rings (SSSR count). The molecule has 6 heteroatoms. The van der Waals surface area contributed by atoms with Crippen molar-refractivity contribution in [2.45, 2.75) is 44.6 Å². The van der Waals surface area contributed by atoms with E-state index < -0.39 is 5.41 Å². The zero-order valence-electron chi connectivity index (χ0n) is 15.0. The zero-order chi connectivity index (χ0) is 18.1. The second kappa shape index (κ2) is 6.67. The van der Waals surface area contributed by atoms with Crippen LogP contribution in [0.3, 0.4) is 0 Å². The van der Waals surface area contributed by atoms with Crippen LogP contribution in [0.1, 0.15) is 42.8 Å². The topological polar surface area (TPSA) is 58.1 Å². The van der Waals surface area contributed by atoms with Crippen LogP contribution >= 0.6 is 0 Å². The lowest BCUT2D eigenvalue weighted by atomic mass is 9.95. The van der Waals surface area contributed by atoms with E-state index in [2.05, 4.69) is 20.2 Å². The Kier molecular flexibility index (Phi) is 4.34. The first-order valence-electron chi connectivity index (χ1n) is 9.21. The lowest BCUT2D eigenvalue weighted by Crippen LogP contribution is -2.35. The number of hydrogen-bond acceptors (Lipinski definition) is 4. The highest BCUT2D eigenvalue weighted by Crippen LogP contribution is 2.48. The van der Waals surface area contributed by atoms with Crippen LogP contribution < -0.4 is 10.2 Å². The van der Waals surface area contributed by atoms with E-state index in [0.29, 0.717) is 12.4 Å². The van der Waals surface area contributed by atoms with Gasteiger partial charge in [-0.25, -0.2) is 14.4 Å². The predicted molar refractivity (Wildman–Crippen MR) is 97.4 cm³/mol. The summed E-state index contributed by atoms with van der Waals surface area (Å²) in [6.07, 6.45) is 3.96. The van der Waals surface area contributed by atoms with E-state index in [4.69, 9.17) is 0 Å². The van der Waals surface area contributed by atoms with E-state index in [0.717, 1.165) is 43.0 Å². The molecule has 2 fully saturated rings. The first kappa shape index (κ1) is 16.9. The van der Waals surface area contributed by atoms with Gasteiger partial charge >= 0.3 is 0 Å². The van der Waals surface area contributed by atoms with E-state index in [1.54, 1.807) is 12.1 Å². The van der Waals surface area contributed by atoms with Crippen LogP contribution in [-0.2, 0) is 16.8 Å². The third-order valence-electron chi connectivity index (χ3n) is 5.31. The normalized spacial score (nSPS) is 18.0. The molecule has 2 aromatic rings. The van der Waals surface area contributed by atoms with Crippen molar-refractivity contribution in [2.75, 3.05) is 18.0 Å². The minimum Gasteiger partial charge on any atom is -0.357 e. The molecule has 136 valence electrons. The van der Waals surface area contributed by atoms with Crippen molar-refractivity contribution < 1.29 is 9.18 Å². The van der Waals surface area contributed by atoms with Gasteiger partial charge in [-0.15, -0.1) is 0 Å². The number of benzene rings is 1. The van der Waals surface area contributed by atoms with Crippen LogP contribution in [0.4, 0.5) is 10.2 Å². The molecule has 1 amide bonds. The quantitative estimate of drug-likeness (QED) is 0.897. The number of carbonyl (C=O) groups is 1. The second-order valence-electron chi connectivity index (χ2n) is 7.25. The summed E-state index contributed by atoms with van der Waals surface area (Å²) in [6.45, 7) is 4.31. The molecule has 0 atom stereocenters. The van der Waals surface area contributed by atoms with E-state index in [9.17, 15) is 9.18 Å². The molecule has 5 nitrogen and oxygen atoms in total. The summed E-state index contributed by atoms with van der Waals surface area (Å²) < 4.78 is 13.1. The molecule has 0 bridgehead atoms.